The standard InChI is InChI=1S/C12H21N3O2/c1-13-4-2-11(3-5-13)12(17)15-8-6-14(10-16)7-9-15/h10-11H,2-9H2,1H3. The molecule has 0 atom stereocenters. The lowest BCUT2D eigenvalue weighted by Crippen LogP contribution is -2.51. The first-order chi connectivity index (χ1) is 8.20. The summed E-state index contributed by atoms with van der Waals surface area (Å²) >= 11 is 0. The molecule has 0 unspecified atom stereocenters. The molecule has 0 N–H and O–H groups in total. The summed E-state index contributed by atoms with van der Waals surface area (Å²) in [6, 6.07) is 0. The van der Waals surface area contributed by atoms with Crippen molar-refractivity contribution in [2.45, 2.75) is 12.8 Å². The fraction of sp³-hybridized carbons (Fsp3) is 0.833. The molecule has 0 spiro atoms. The Morgan fingerprint density at radius 1 is 1.06 bits per heavy atom. The van der Waals surface area contributed by atoms with Crippen LogP contribution in [0.3, 0.4) is 0 Å². The molecular weight excluding hydrogens is 218 g/mol. The predicted octanol–water partition coefficient (Wildman–Crippen LogP) is -0.371. The number of carbonyl (C=O) groups is 2. The molecule has 0 aromatic carbocycles. The quantitative estimate of drug-likeness (QED) is 0.618. The molecule has 2 amide bonds. The molecule has 0 aromatic rings. The Labute approximate surface area is 102 Å². The Bertz CT molecular complexity index is 279. The molecule has 5 heteroatoms. The molecular formula is C12H21N3O2. The lowest BCUT2D eigenvalue weighted by atomic mass is 9.95. The van der Waals surface area contributed by atoms with Crippen LogP contribution in [0, 0.1) is 5.92 Å². The second-order valence-corrected chi connectivity index (χ2v) is 5.04. The van der Waals surface area contributed by atoms with Gasteiger partial charge in [-0.3, -0.25) is 9.59 Å². The van der Waals surface area contributed by atoms with Gasteiger partial charge in [-0.25, -0.2) is 0 Å². The highest BCUT2D eigenvalue weighted by Gasteiger charge is 2.29. The molecule has 0 bridgehead atoms. The van der Waals surface area contributed by atoms with E-state index in [-0.39, 0.29) is 5.92 Å². The van der Waals surface area contributed by atoms with Crippen LogP contribution in [0.4, 0.5) is 0 Å². The smallest absolute Gasteiger partial charge is 0.225 e. The van der Waals surface area contributed by atoms with Crippen molar-refractivity contribution >= 4 is 12.3 Å². The molecule has 0 radical (unpaired) electrons. The van der Waals surface area contributed by atoms with Crippen LogP contribution in [-0.4, -0.2) is 73.3 Å². The highest BCUT2D eigenvalue weighted by Crippen LogP contribution is 2.19. The summed E-state index contributed by atoms with van der Waals surface area (Å²) in [5, 5.41) is 0. The highest BCUT2D eigenvalue weighted by molar-refractivity contribution is 5.79. The minimum atomic E-state index is 0.203. The Morgan fingerprint density at radius 2 is 1.65 bits per heavy atom. The van der Waals surface area contributed by atoms with E-state index < -0.39 is 0 Å². The van der Waals surface area contributed by atoms with E-state index in [1.165, 1.54) is 0 Å². The van der Waals surface area contributed by atoms with E-state index >= 15 is 0 Å². The van der Waals surface area contributed by atoms with E-state index in [1.807, 2.05) is 4.90 Å². The number of rotatable bonds is 2. The number of carbonyl (C=O) groups excluding carboxylic acids is 2. The van der Waals surface area contributed by atoms with Crippen LogP contribution in [0.2, 0.25) is 0 Å². The fourth-order valence-corrected chi connectivity index (χ4v) is 2.56. The zero-order valence-corrected chi connectivity index (χ0v) is 10.5. The molecule has 2 heterocycles. The molecule has 0 saturated carbocycles. The van der Waals surface area contributed by atoms with E-state index in [2.05, 4.69) is 11.9 Å². The van der Waals surface area contributed by atoms with Crippen molar-refractivity contribution in [2.75, 3.05) is 46.3 Å². The van der Waals surface area contributed by atoms with Crippen molar-refractivity contribution < 1.29 is 9.59 Å². The molecule has 17 heavy (non-hydrogen) atoms. The number of nitrogens with zero attached hydrogens (tertiary/aromatic N) is 3. The maximum Gasteiger partial charge on any atom is 0.225 e. The number of piperazine rings is 1. The highest BCUT2D eigenvalue weighted by atomic mass is 16.2. The van der Waals surface area contributed by atoms with Gasteiger partial charge in [0.2, 0.25) is 12.3 Å². The summed E-state index contributed by atoms with van der Waals surface area (Å²) < 4.78 is 0. The van der Waals surface area contributed by atoms with Crippen molar-refractivity contribution in [3.8, 4) is 0 Å². The Kier molecular flexibility index (Phi) is 3.99. The van der Waals surface area contributed by atoms with Crippen LogP contribution in [0.25, 0.3) is 0 Å². The van der Waals surface area contributed by atoms with Gasteiger partial charge in [0.05, 0.1) is 0 Å². The van der Waals surface area contributed by atoms with Crippen molar-refractivity contribution in [2.24, 2.45) is 5.92 Å². The summed E-state index contributed by atoms with van der Waals surface area (Å²) in [6.07, 6.45) is 2.82. The van der Waals surface area contributed by atoms with Gasteiger partial charge in [-0.15, -0.1) is 0 Å². The number of amides is 2. The monoisotopic (exact) mass is 239 g/mol. The van der Waals surface area contributed by atoms with Gasteiger partial charge < -0.3 is 14.7 Å². The van der Waals surface area contributed by atoms with Crippen LogP contribution in [0.15, 0.2) is 0 Å². The minimum Gasteiger partial charge on any atom is -0.342 e. The summed E-state index contributed by atoms with van der Waals surface area (Å²) in [5.41, 5.74) is 0. The second-order valence-electron chi connectivity index (χ2n) is 5.04. The zero-order valence-electron chi connectivity index (χ0n) is 10.5. The summed E-state index contributed by atoms with van der Waals surface area (Å²) in [4.78, 5) is 28.8. The van der Waals surface area contributed by atoms with E-state index in [1.54, 1.807) is 4.90 Å². The van der Waals surface area contributed by atoms with E-state index in [0.29, 0.717) is 32.1 Å². The molecule has 96 valence electrons. The fourth-order valence-electron chi connectivity index (χ4n) is 2.56. The van der Waals surface area contributed by atoms with Gasteiger partial charge in [0.15, 0.2) is 0 Å². The topological polar surface area (TPSA) is 43.9 Å². The summed E-state index contributed by atoms with van der Waals surface area (Å²) in [6.45, 7) is 4.80. The largest absolute Gasteiger partial charge is 0.342 e. The van der Waals surface area contributed by atoms with E-state index in [0.717, 1.165) is 32.3 Å². The average Bonchev–Trinajstić information content (AvgIpc) is 2.39. The molecule has 2 aliphatic rings. The van der Waals surface area contributed by atoms with Crippen molar-refractivity contribution in [1.29, 1.82) is 0 Å². The second kappa shape index (κ2) is 5.49. The Balaban J connectivity index is 1.82. The van der Waals surface area contributed by atoms with E-state index in [9.17, 15) is 9.59 Å². The third kappa shape index (κ3) is 2.97. The maximum absolute atomic E-state index is 12.3. The maximum atomic E-state index is 12.3. The van der Waals surface area contributed by atoms with Gasteiger partial charge in [-0.2, -0.15) is 0 Å². The van der Waals surface area contributed by atoms with Gasteiger partial charge in [-0.1, -0.05) is 0 Å². The van der Waals surface area contributed by atoms with Gasteiger partial charge in [0, 0.05) is 32.1 Å². The molecule has 0 aromatic heterocycles. The first kappa shape index (κ1) is 12.4. The number of piperidine rings is 1. The van der Waals surface area contributed by atoms with Crippen LogP contribution in [-0.2, 0) is 9.59 Å². The van der Waals surface area contributed by atoms with Gasteiger partial charge >= 0.3 is 0 Å². The molecule has 2 rings (SSSR count). The van der Waals surface area contributed by atoms with Crippen molar-refractivity contribution in [1.82, 2.24) is 14.7 Å². The first-order valence-corrected chi connectivity index (χ1v) is 6.37. The molecule has 0 aliphatic carbocycles. The Hall–Kier alpha value is -1.10. The summed E-state index contributed by atoms with van der Waals surface area (Å²) in [5.74, 6) is 0.498. The Morgan fingerprint density at radius 3 is 2.18 bits per heavy atom. The van der Waals surface area contributed by atoms with Crippen molar-refractivity contribution in [3.63, 3.8) is 0 Å². The molecule has 2 aliphatic heterocycles. The van der Waals surface area contributed by atoms with Crippen molar-refractivity contribution in [3.05, 3.63) is 0 Å². The average molecular weight is 239 g/mol. The number of hydrogen-bond donors (Lipinski definition) is 0. The molecule has 2 saturated heterocycles. The van der Waals surface area contributed by atoms with Gasteiger partial charge in [-0.05, 0) is 33.0 Å². The summed E-state index contributed by atoms with van der Waals surface area (Å²) in [7, 11) is 2.10. The van der Waals surface area contributed by atoms with E-state index in [4.69, 9.17) is 0 Å². The first-order valence-electron chi connectivity index (χ1n) is 6.37. The number of likely N-dealkylation sites (tertiary alicyclic amines) is 1. The lowest BCUT2D eigenvalue weighted by molar-refractivity contribution is -0.140. The number of hydrogen-bond acceptors (Lipinski definition) is 3. The van der Waals surface area contributed by atoms with Gasteiger partial charge in [0.25, 0.3) is 0 Å². The van der Waals surface area contributed by atoms with Crippen LogP contribution < -0.4 is 0 Å². The normalized spacial score (nSPS) is 23.8. The third-order valence-corrected chi connectivity index (χ3v) is 3.84. The zero-order chi connectivity index (χ0) is 12.3. The van der Waals surface area contributed by atoms with Crippen LogP contribution in [0.1, 0.15) is 12.8 Å². The molecule has 2 fully saturated rings. The van der Waals surface area contributed by atoms with Crippen LogP contribution in [0.5, 0.6) is 0 Å². The lowest BCUT2D eigenvalue weighted by Gasteiger charge is -2.36. The molecule has 5 nitrogen and oxygen atoms in total. The van der Waals surface area contributed by atoms with Crippen LogP contribution >= 0.6 is 0 Å². The third-order valence-electron chi connectivity index (χ3n) is 3.84. The SMILES string of the molecule is CN1CCC(C(=O)N2CCN(C=O)CC2)CC1. The predicted molar refractivity (Wildman–Crippen MR) is 64.4 cm³/mol. The minimum absolute atomic E-state index is 0.203. The van der Waals surface area contributed by atoms with Gasteiger partial charge in [0.1, 0.15) is 0 Å².